The molecule has 0 heterocycles. The van der Waals surface area contributed by atoms with Crippen molar-refractivity contribution in [3.05, 3.63) is 58.1 Å². The molecule has 2 aromatic rings. The molecule has 0 aliphatic heterocycles. The zero-order valence-corrected chi connectivity index (χ0v) is 16.0. The first-order valence-corrected chi connectivity index (χ1v) is 8.58. The highest BCUT2D eigenvalue weighted by molar-refractivity contribution is 6.30. The van der Waals surface area contributed by atoms with Gasteiger partial charge in [0, 0.05) is 5.02 Å². The number of anilines is 1. The van der Waals surface area contributed by atoms with E-state index in [1.54, 1.807) is 36.4 Å². The normalized spacial score (nSPS) is 11.2. The lowest BCUT2D eigenvalue weighted by molar-refractivity contribution is -0.155. The molecule has 0 saturated carbocycles. The molecule has 0 saturated heterocycles. The lowest BCUT2D eigenvalue weighted by atomic mass is 10.1. The second kappa shape index (κ2) is 9.06. The lowest BCUT2D eigenvalue weighted by Crippen LogP contribution is -2.32. The number of esters is 1. The van der Waals surface area contributed by atoms with E-state index in [1.807, 2.05) is 19.9 Å². The third-order valence-corrected chi connectivity index (χ3v) is 3.96. The van der Waals surface area contributed by atoms with Crippen molar-refractivity contribution in [2.45, 2.75) is 26.9 Å². The van der Waals surface area contributed by atoms with Crippen LogP contribution in [0.2, 0.25) is 5.02 Å². The smallest absolute Gasteiger partial charge is 0.344 e. The second-order valence-corrected chi connectivity index (χ2v) is 6.37. The fourth-order valence-corrected chi connectivity index (χ4v) is 2.79. The van der Waals surface area contributed by atoms with Crippen LogP contribution in [0, 0.1) is 25.2 Å². The molecule has 0 radical (unpaired) electrons. The molecular weight excluding hydrogens is 368 g/mol. The molecule has 0 fully saturated rings. The Hall–Kier alpha value is -3.04. The van der Waals surface area contributed by atoms with Gasteiger partial charge in [0.25, 0.3) is 5.91 Å². The molecule has 2 rings (SSSR count). The van der Waals surface area contributed by atoms with Crippen LogP contribution in [0.1, 0.15) is 23.6 Å². The van der Waals surface area contributed by atoms with Gasteiger partial charge in [0.1, 0.15) is 11.8 Å². The van der Waals surface area contributed by atoms with Crippen LogP contribution >= 0.6 is 11.6 Å². The van der Waals surface area contributed by atoms with Gasteiger partial charge < -0.3 is 14.8 Å². The quantitative estimate of drug-likeness (QED) is 0.763. The molecule has 0 spiro atoms. The fourth-order valence-electron chi connectivity index (χ4n) is 2.46. The Morgan fingerprint density at radius 1 is 1.22 bits per heavy atom. The first-order valence-electron chi connectivity index (χ1n) is 8.21. The van der Waals surface area contributed by atoms with E-state index in [1.165, 1.54) is 6.92 Å². The summed E-state index contributed by atoms with van der Waals surface area (Å²) in [5.74, 6) is -0.665. The van der Waals surface area contributed by atoms with E-state index in [0.29, 0.717) is 22.0 Å². The number of nitrogens with one attached hydrogen (secondary N) is 1. The summed E-state index contributed by atoms with van der Waals surface area (Å²) in [4.78, 5) is 24.2. The number of hydrogen-bond acceptors (Lipinski definition) is 5. The molecule has 0 unspecified atom stereocenters. The lowest BCUT2D eigenvalue weighted by Gasteiger charge is -2.16. The summed E-state index contributed by atoms with van der Waals surface area (Å²) in [6, 6.07) is 12.0. The molecule has 6 nitrogen and oxygen atoms in total. The molecule has 7 heteroatoms. The number of nitriles is 1. The van der Waals surface area contributed by atoms with E-state index < -0.39 is 18.0 Å². The van der Waals surface area contributed by atoms with Crippen LogP contribution in [0.5, 0.6) is 5.75 Å². The van der Waals surface area contributed by atoms with Crippen molar-refractivity contribution in [2.24, 2.45) is 0 Å². The van der Waals surface area contributed by atoms with E-state index in [4.69, 9.17) is 26.3 Å². The van der Waals surface area contributed by atoms with E-state index in [0.717, 1.165) is 11.1 Å². The van der Waals surface area contributed by atoms with Crippen molar-refractivity contribution in [3.8, 4) is 11.8 Å². The minimum Gasteiger partial charge on any atom is -0.481 e. The highest BCUT2D eigenvalue weighted by atomic mass is 35.5. The van der Waals surface area contributed by atoms with Gasteiger partial charge in [0.15, 0.2) is 12.7 Å². The Kier molecular flexibility index (Phi) is 6.80. The maximum Gasteiger partial charge on any atom is 0.344 e. The van der Waals surface area contributed by atoms with Crippen LogP contribution in [0.4, 0.5) is 5.69 Å². The van der Waals surface area contributed by atoms with E-state index in [-0.39, 0.29) is 6.61 Å². The number of aryl methyl sites for hydroxylation is 2. The zero-order chi connectivity index (χ0) is 20.0. The average Bonchev–Trinajstić information content (AvgIpc) is 2.61. The number of carbonyl (C=O) groups excluding carboxylic acids is 2. The number of benzene rings is 2. The van der Waals surface area contributed by atoms with Crippen molar-refractivity contribution >= 4 is 29.2 Å². The topological polar surface area (TPSA) is 88.4 Å². The minimum atomic E-state index is -1.04. The molecule has 27 heavy (non-hydrogen) atoms. The molecule has 0 bridgehead atoms. The Morgan fingerprint density at radius 3 is 2.48 bits per heavy atom. The molecule has 1 N–H and O–H groups in total. The standard InChI is InChI=1S/C20H19ClN2O4/c1-12-8-16(21)9-13(2)19(12)26-11-18(24)27-14(3)20(25)23-17-7-5-4-6-15(17)10-22/h4-9,14H,11H2,1-3H3,(H,23,25)/t14-/m1/s1. The predicted molar refractivity (Wildman–Crippen MR) is 102 cm³/mol. The van der Waals surface area contributed by atoms with Gasteiger partial charge in [-0.2, -0.15) is 5.26 Å². The third-order valence-electron chi connectivity index (χ3n) is 3.74. The summed E-state index contributed by atoms with van der Waals surface area (Å²) < 4.78 is 10.6. The average molecular weight is 387 g/mol. The second-order valence-electron chi connectivity index (χ2n) is 5.94. The summed E-state index contributed by atoms with van der Waals surface area (Å²) >= 11 is 5.96. The number of para-hydroxylation sites is 1. The number of rotatable bonds is 6. The van der Waals surface area contributed by atoms with Crippen LogP contribution in [-0.4, -0.2) is 24.6 Å². The van der Waals surface area contributed by atoms with Crippen molar-refractivity contribution in [1.29, 1.82) is 5.26 Å². The SMILES string of the molecule is Cc1cc(Cl)cc(C)c1OCC(=O)O[C@H](C)C(=O)Nc1ccccc1C#N. The minimum absolute atomic E-state index is 0.321. The van der Waals surface area contributed by atoms with Crippen LogP contribution < -0.4 is 10.1 Å². The van der Waals surface area contributed by atoms with Gasteiger partial charge in [-0.05, 0) is 56.2 Å². The molecule has 0 aliphatic rings. The molecule has 0 aliphatic carbocycles. The number of nitrogens with zero attached hydrogens (tertiary/aromatic N) is 1. The van der Waals surface area contributed by atoms with Gasteiger partial charge in [0.2, 0.25) is 0 Å². The summed E-state index contributed by atoms with van der Waals surface area (Å²) in [6.07, 6.45) is -1.04. The number of hydrogen-bond donors (Lipinski definition) is 1. The van der Waals surface area contributed by atoms with Gasteiger partial charge >= 0.3 is 5.97 Å². The van der Waals surface area contributed by atoms with Crippen LogP contribution in [-0.2, 0) is 14.3 Å². The monoisotopic (exact) mass is 386 g/mol. The fraction of sp³-hybridized carbons (Fsp3) is 0.250. The summed E-state index contributed by atoms with van der Waals surface area (Å²) in [5.41, 5.74) is 2.27. The Morgan fingerprint density at radius 2 is 1.85 bits per heavy atom. The first kappa shape index (κ1) is 20.3. The van der Waals surface area contributed by atoms with E-state index in [2.05, 4.69) is 5.32 Å². The third kappa shape index (κ3) is 5.47. The highest BCUT2D eigenvalue weighted by Crippen LogP contribution is 2.27. The predicted octanol–water partition coefficient (Wildman–Crippen LogP) is 3.78. The van der Waals surface area contributed by atoms with Crippen LogP contribution in [0.25, 0.3) is 0 Å². The van der Waals surface area contributed by atoms with Crippen molar-refractivity contribution < 1.29 is 19.1 Å². The van der Waals surface area contributed by atoms with Crippen LogP contribution in [0.15, 0.2) is 36.4 Å². The molecular formula is C20H19ClN2O4. The maximum absolute atomic E-state index is 12.2. The number of carbonyl (C=O) groups is 2. The van der Waals surface area contributed by atoms with Gasteiger partial charge in [-0.15, -0.1) is 0 Å². The number of amides is 1. The number of ether oxygens (including phenoxy) is 2. The van der Waals surface area contributed by atoms with Gasteiger partial charge in [0.05, 0.1) is 11.3 Å². The molecule has 140 valence electrons. The van der Waals surface area contributed by atoms with E-state index >= 15 is 0 Å². The van der Waals surface area contributed by atoms with Gasteiger partial charge in [-0.3, -0.25) is 4.79 Å². The van der Waals surface area contributed by atoms with Gasteiger partial charge in [-0.25, -0.2) is 4.79 Å². The largest absolute Gasteiger partial charge is 0.481 e. The summed E-state index contributed by atoms with van der Waals surface area (Å²) in [5, 5.41) is 12.2. The molecule has 2 aromatic carbocycles. The Bertz CT molecular complexity index is 882. The summed E-state index contributed by atoms with van der Waals surface area (Å²) in [6.45, 7) is 4.75. The maximum atomic E-state index is 12.2. The van der Waals surface area contributed by atoms with Crippen molar-refractivity contribution in [1.82, 2.24) is 0 Å². The number of halogens is 1. The Balaban J connectivity index is 1.92. The molecule has 1 amide bonds. The van der Waals surface area contributed by atoms with Crippen LogP contribution in [0.3, 0.4) is 0 Å². The van der Waals surface area contributed by atoms with Crippen molar-refractivity contribution in [3.63, 3.8) is 0 Å². The molecule has 1 atom stereocenters. The van der Waals surface area contributed by atoms with E-state index in [9.17, 15) is 9.59 Å². The summed E-state index contributed by atoms with van der Waals surface area (Å²) in [7, 11) is 0. The first-order chi connectivity index (χ1) is 12.8. The van der Waals surface area contributed by atoms with Crippen molar-refractivity contribution in [2.75, 3.05) is 11.9 Å². The Labute approximate surface area is 162 Å². The zero-order valence-electron chi connectivity index (χ0n) is 15.2. The van der Waals surface area contributed by atoms with Gasteiger partial charge in [-0.1, -0.05) is 23.7 Å². The molecule has 0 aromatic heterocycles. The highest BCUT2D eigenvalue weighted by Gasteiger charge is 2.19.